The Bertz CT molecular complexity index is 720. The van der Waals surface area contributed by atoms with Crippen molar-refractivity contribution in [2.45, 2.75) is 26.0 Å². The van der Waals surface area contributed by atoms with Crippen molar-refractivity contribution >= 4 is 23.5 Å². The summed E-state index contributed by atoms with van der Waals surface area (Å²) in [5.74, 6) is -0.437. The predicted octanol–water partition coefficient (Wildman–Crippen LogP) is 3.53. The van der Waals surface area contributed by atoms with Crippen molar-refractivity contribution < 1.29 is 19.1 Å². The molecule has 6 heteroatoms. The van der Waals surface area contributed by atoms with E-state index in [0.717, 1.165) is 5.56 Å². The molecular weight excluding hydrogens is 342 g/mol. The summed E-state index contributed by atoms with van der Waals surface area (Å²) in [6.07, 6.45) is -0.805. The van der Waals surface area contributed by atoms with E-state index in [4.69, 9.17) is 21.1 Å². The lowest BCUT2D eigenvalue weighted by molar-refractivity contribution is -0.154. The van der Waals surface area contributed by atoms with Crippen molar-refractivity contribution in [3.8, 4) is 5.75 Å². The second kappa shape index (κ2) is 9.08. The minimum Gasteiger partial charge on any atom is -0.479 e. The van der Waals surface area contributed by atoms with Crippen LogP contribution in [0.4, 0.5) is 0 Å². The minimum absolute atomic E-state index is 0.247. The van der Waals surface area contributed by atoms with E-state index < -0.39 is 18.0 Å². The normalized spacial score (nSPS) is 12.8. The van der Waals surface area contributed by atoms with Gasteiger partial charge in [0, 0.05) is 5.02 Å². The summed E-state index contributed by atoms with van der Waals surface area (Å²) >= 11 is 5.93. The van der Waals surface area contributed by atoms with Gasteiger partial charge in [-0.1, -0.05) is 41.9 Å². The largest absolute Gasteiger partial charge is 0.479 e. The van der Waals surface area contributed by atoms with Crippen LogP contribution in [-0.2, 0) is 14.3 Å². The maximum absolute atomic E-state index is 11.9. The zero-order chi connectivity index (χ0) is 18.2. The number of para-hydroxylation sites is 1. The van der Waals surface area contributed by atoms with Crippen molar-refractivity contribution in [3.63, 3.8) is 0 Å². The highest BCUT2D eigenvalue weighted by molar-refractivity contribution is 6.30. The molecule has 132 valence electrons. The van der Waals surface area contributed by atoms with E-state index in [1.54, 1.807) is 43.3 Å². The summed E-state index contributed by atoms with van der Waals surface area (Å²) in [7, 11) is 0. The highest BCUT2D eigenvalue weighted by atomic mass is 35.5. The topological polar surface area (TPSA) is 64.6 Å². The highest BCUT2D eigenvalue weighted by Gasteiger charge is 2.18. The van der Waals surface area contributed by atoms with Gasteiger partial charge >= 0.3 is 5.97 Å². The first-order valence-electron chi connectivity index (χ1n) is 7.89. The van der Waals surface area contributed by atoms with Crippen molar-refractivity contribution in [2.24, 2.45) is 0 Å². The van der Waals surface area contributed by atoms with Crippen molar-refractivity contribution in [3.05, 3.63) is 65.2 Å². The number of halogens is 1. The molecule has 0 radical (unpaired) electrons. The van der Waals surface area contributed by atoms with E-state index in [-0.39, 0.29) is 12.6 Å². The fourth-order valence-electron chi connectivity index (χ4n) is 2.15. The molecule has 2 aromatic rings. The Morgan fingerprint density at radius 1 is 1.08 bits per heavy atom. The van der Waals surface area contributed by atoms with Gasteiger partial charge in [0.2, 0.25) is 0 Å². The standard InChI is InChI=1S/C19H20ClNO4/c1-13(15-7-6-8-16(20)11-15)21-18(22)12-24-19(23)14(2)25-17-9-4-3-5-10-17/h3-11,13-14H,12H2,1-2H3,(H,21,22)/t13-,14-/m1/s1. The van der Waals surface area contributed by atoms with Crippen LogP contribution in [0.2, 0.25) is 5.02 Å². The molecule has 5 nitrogen and oxygen atoms in total. The Labute approximate surface area is 151 Å². The second-order valence-electron chi connectivity index (χ2n) is 5.53. The number of benzene rings is 2. The number of esters is 1. The van der Waals surface area contributed by atoms with Crippen LogP contribution in [-0.4, -0.2) is 24.6 Å². The van der Waals surface area contributed by atoms with Gasteiger partial charge in [0.25, 0.3) is 5.91 Å². The van der Waals surface area contributed by atoms with E-state index in [2.05, 4.69) is 5.32 Å². The summed E-state index contributed by atoms with van der Waals surface area (Å²) in [5, 5.41) is 3.35. The van der Waals surface area contributed by atoms with Crippen LogP contribution in [0.1, 0.15) is 25.5 Å². The van der Waals surface area contributed by atoms with Gasteiger partial charge in [-0.25, -0.2) is 4.79 Å². The molecule has 0 spiro atoms. The van der Waals surface area contributed by atoms with Crippen LogP contribution in [0, 0.1) is 0 Å². The van der Waals surface area contributed by atoms with E-state index in [9.17, 15) is 9.59 Å². The molecule has 2 aromatic carbocycles. The predicted molar refractivity (Wildman–Crippen MR) is 95.5 cm³/mol. The number of rotatable bonds is 7. The summed E-state index contributed by atoms with van der Waals surface area (Å²) in [6, 6.07) is 15.9. The maximum Gasteiger partial charge on any atom is 0.347 e. The first-order chi connectivity index (χ1) is 12.0. The Balaban J connectivity index is 1.78. The third-order valence-corrected chi connectivity index (χ3v) is 3.69. The molecule has 0 fully saturated rings. The minimum atomic E-state index is -0.805. The van der Waals surface area contributed by atoms with Crippen LogP contribution in [0.15, 0.2) is 54.6 Å². The number of carbonyl (C=O) groups is 2. The molecule has 1 N–H and O–H groups in total. The van der Waals surface area contributed by atoms with Gasteiger partial charge in [-0.05, 0) is 43.7 Å². The molecule has 0 saturated heterocycles. The molecule has 0 unspecified atom stereocenters. The molecule has 2 atom stereocenters. The van der Waals surface area contributed by atoms with Crippen molar-refractivity contribution in [2.75, 3.05) is 6.61 Å². The number of nitrogens with one attached hydrogen (secondary N) is 1. The third-order valence-electron chi connectivity index (χ3n) is 3.46. The molecule has 0 aromatic heterocycles. The van der Waals surface area contributed by atoms with E-state index in [1.165, 1.54) is 0 Å². The Kier molecular flexibility index (Phi) is 6.83. The number of hydrogen-bond donors (Lipinski definition) is 1. The molecule has 0 bridgehead atoms. The first-order valence-corrected chi connectivity index (χ1v) is 8.26. The van der Waals surface area contributed by atoms with Gasteiger partial charge in [-0.3, -0.25) is 4.79 Å². The second-order valence-corrected chi connectivity index (χ2v) is 5.96. The van der Waals surface area contributed by atoms with Gasteiger partial charge in [0.05, 0.1) is 6.04 Å². The van der Waals surface area contributed by atoms with Crippen LogP contribution in [0.5, 0.6) is 5.75 Å². The van der Waals surface area contributed by atoms with Crippen molar-refractivity contribution in [1.29, 1.82) is 0 Å². The Morgan fingerprint density at radius 3 is 2.48 bits per heavy atom. The van der Waals surface area contributed by atoms with Gasteiger partial charge in [0.15, 0.2) is 12.7 Å². The van der Waals surface area contributed by atoms with E-state index >= 15 is 0 Å². The lowest BCUT2D eigenvalue weighted by Crippen LogP contribution is -2.34. The number of hydrogen-bond acceptors (Lipinski definition) is 4. The highest BCUT2D eigenvalue weighted by Crippen LogP contribution is 2.17. The number of amides is 1. The molecule has 0 aliphatic rings. The van der Waals surface area contributed by atoms with Crippen LogP contribution < -0.4 is 10.1 Å². The lowest BCUT2D eigenvalue weighted by Gasteiger charge is -2.16. The molecule has 1 amide bonds. The molecular formula is C19H20ClNO4. The molecule has 0 aliphatic carbocycles. The maximum atomic E-state index is 11.9. The van der Waals surface area contributed by atoms with Gasteiger partial charge in [0.1, 0.15) is 5.75 Å². The SMILES string of the molecule is C[C@@H](Oc1ccccc1)C(=O)OCC(=O)N[C@H](C)c1cccc(Cl)c1. The van der Waals surface area contributed by atoms with Crippen LogP contribution in [0.25, 0.3) is 0 Å². The van der Waals surface area contributed by atoms with Crippen LogP contribution >= 0.6 is 11.6 Å². The fourth-order valence-corrected chi connectivity index (χ4v) is 2.35. The van der Waals surface area contributed by atoms with Crippen LogP contribution in [0.3, 0.4) is 0 Å². The van der Waals surface area contributed by atoms with Crippen molar-refractivity contribution in [1.82, 2.24) is 5.32 Å². The monoisotopic (exact) mass is 361 g/mol. The summed E-state index contributed by atoms with van der Waals surface area (Å²) in [5.41, 5.74) is 0.868. The zero-order valence-electron chi connectivity index (χ0n) is 14.1. The average molecular weight is 362 g/mol. The molecule has 2 rings (SSSR count). The average Bonchev–Trinajstić information content (AvgIpc) is 2.60. The lowest BCUT2D eigenvalue weighted by atomic mass is 10.1. The molecule has 0 heterocycles. The first kappa shape index (κ1) is 18.8. The summed E-state index contributed by atoms with van der Waals surface area (Å²) in [6.45, 7) is 3.03. The molecule has 0 aliphatic heterocycles. The fraction of sp³-hybridized carbons (Fsp3) is 0.263. The molecule has 0 saturated carbocycles. The van der Waals surface area contributed by atoms with Gasteiger partial charge < -0.3 is 14.8 Å². The van der Waals surface area contributed by atoms with Gasteiger partial charge in [-0.15, -0.1) is 0 Å². The number of carbonyl (C=O) groups excluding carboxylic acids is 2. The van der Waals surface area contributed by atoms with E-state index in [0.29, 0.717) is 10.8 Å². The summed E-state index contributed by atoms with van der Waals surface area (Å²) in [4.78, 5) is 23.8. The van der Waals surface area contributed by atoms with Gasteiger partial charge in [-0.2, -0.15) is 0 Å². The smallest absolute Gasteiger partial charge is 0.347 e. The zero-order valence-corrected chi connectivity index (χ0v) is 14.8. The molecule has 25 heavy (non-hydrogen) atoms. The third kappa shape index (κ3) is 6.12. The Hall–Kier alpha value is -2.53. The summed E-state index contributed by atoms with van der Waals surface area (Å²) < 4.78 is 10.4. The number of ether oxygens (including phenoxy) is 2. The quantitative estimate of drug-likeness (QED) is 0.766. The Morgan fingerprint density at radius 2 is 1.80 bits per heavy atom. The van der Waals surface area contributed by atoms with E-state index in [1.807, 2.05) is 25.1 Å².